The minimum Gasteiger partial charge on any atom is -0.466 e. The van der Waals surface area contributed by atoms with E-state index in [1.807, 2.05) is 6.92 Å². The van der Waals surface area contributed by atoms with Crippen molar-refractivity contribution in [1.29, 1.82) is 0 Å². The van der Waals surface area contributed by atoms with Crippen LogP contribution in [0.4, 0.5) is 0 Å². The summed E-state index contributed by atoms with van der Waals surface area (Å²) in [5.41, 5.74) is 2.57. The molecule has 1 heterocycles. The Hall–Kier alpha value is -0.900. The minimum atomic E-state index is -0.202. The highest BCUT2D eigenvalue weighted by Crippen LogP contribution is 2.11. The first kappa shape index (κ1) is 9.19. The number of rotatable bonds is 3. The summed E-state index contributed by atoms with van der Waals surface area (Å²) in [6.07, 6.45) is 0.295. The van der Waals surface area contributed by atoms with Crippen LogP contribution < -0.4 is 0 Å². The van der Waals surface area contributed by atoms with Gasteiger partial charge in [0.25, 0.3) is 0 Å². The van der Waals surface area contributed by atoms with Crippen LogP contribution in [0.15, 0.2) is 5.51 Å². The number of hydrogen-bond donors (Lipinski definition) is 0. The summed E-state index contributed by atoms with van der Waals surface area (Å²) in [6, 6.07) is 0. The molecule has 0 aliphatic heterocycles. The van der Waals surface area contributed by atoms with Crippen LogP contribution in [-0.4, -0.2) is 17.6 Å². The first-order chi connectivity index (χ1) is 5.74. The number of hydrogen-bond acceptors (Lipinski definition) is 4. The van der Waals surface area contributed by atoms with Gasteiger partial charge in [0.15, 0.2) is 0 Å². The van der Waals surface area contributed by atoms with Crippen LogP contribution in [0.25, 0.3) is 0 Å². The molecule has 0 spiro atoms. The lowest BCUT2D eigenvalue weighted by Gasteiger charge is -1.99. The Morgan fingerprint density at radius 3 is 3.00 bits per heavy atom. The van der Waals surface area contributed by atoms with Gasteiger partial charge >= 0.3 is 5.97 Å². The summed E-state index contributed by atoms with van der Waals surface area (Å²) >= 11 is 1.55. The van der Waals surface area contributed by atoms with E-state index < -0.39 is 0 Å². The van der Waals surface area contributed by atoms with E-state index in [1.165, 1.54) is 0 Å². The predicted octanol–water partition coefficient (Wildman–Crippen LogP) is 1.56. The highest BCUT2D eigenvalue weighted by molar-refractivity contribution is 7.09. The van der Waals surface area contributed by atoms with Gasteiger partial charge < -0.3 is 4.74 Å². The van der Waals surface area contributed by atoms with Crippen molar-refractivity contribution < 1.29 is 9.53 Å². The second-order valence-electron chi connectivity index (χ2n) is 2.34. The van der Waals surface area contributed by atoms with Crippen LogP contribution in [0, 0.1) is 6.92 Å². The smallest absolute Gasteiger partial charge is 0.311 e. The summed E-state index contributed by atoms with van der Waals surface area (Å²) in [4.78, 5) is 16.1. The Morgan fingerprint density at radius 1 is 1.75 bits per heavy atom. The summed E-state index contributed by atoms with van der Waals surface area (Å²) in [5.74, 6) is -0.202. The molecule has 1 aromatic heterocycles. The molecule has 3 nitrogen and oxygen atoms in total. The Bertz CT molecular complexity index is 270. The van der Waals surface area contributed by atoms with Crippen LogP contribution in [0.5, 0.6) is 0 Å². The van der Waals surface area contributed by atoms with E-state index in [1.54, 1.807) is 23.8 Å². The van der Waals surface area contributed by atoms with Crippen LogP contribution in [0.3, 0.4) is 0 Å². The standard InChI is InChI=1S/C8H11NO2S/c1-3-11-8(10)4-7-6(2)12-5-9-7/h5H,3-4H2,1-2H3. The number of nitrogens with zero attached hydrogens (tertiary/aromatic N) is 1. The molecular formula is C8H11NO2S. The van der Waals surface area contributed by atoms with Crippen molar-refractivity contribution in [2.45, 2.75) is 20.3 Å². The normalized spacial score (nSPS) is 9.83. The molecule has 4 heteroatoms. The van der Waals surface area contributed by atoms with Crippen LogP contribution in [-0.2, 0) is 16.0 Å². The lowest BCUT2D eigenvalue weighted by Crippen LogP contribution is -2.08. The van der Waals surface area contributed by atoms with Gasteiger partial charge in [0.2, 0.25) is 0 Å². The molecule has 0 aliphatic rings. The number of carbonyl (C=O) groups is 1. The summed E-state index contributed by atoms with van der Waals surface area (Å²) in [5, 5.41) is 0. The lowest BCUT2D eigenvalue weighted by atomic mass is 10.3. The molecule has 0 aliphatic carbocycles. The maximum absolute atomic E-state index is 11.0. The molecule has 0 radical (unpaired) electrons. The number of aromatic nitrogens is 1. The van der Waals surface area contributed by atoms with E-state index in [0.29, 0.717) is 13.0 Å². The van der Waals surface area contributed by atoms with Gasteiger partial charge in [-0.25, -0.2) is 4.98 Å². The van der Waals surface area contributed by atoms with Crippen molar-refractivity contribution >= 4 is 17.3 Å². The molecule has 1 aromatic rings. The first-order valence-corrected chi connectivity index (χ1v) is 4.66. The van der Waals surface area contributed by atoms with Crippen molar-refractivity contribution in [2.24, 2.45) is 0 Å². The average molecular weight is 185 g/mol. The monoisotopic (exact) mass is 185 g/mol. The number of aryl methyl sites for hydroxylation is 1. The zero-order chi connectivity index (χ0) is 8.97. The molecule has 0 saturated heterocycles. The largest absolute Gasteiger partial charge is 0.466 e. The zero-order valence-corrected chi connectivity index (χ0v) is 7.98. The number of esters is 1. The average Bonchev–Trinajstić information content (AvgIpc) is 2.37. The predicted molar refractivity (Wildman–Crippen MR) is 47.2 cm³/mol. The van der Waals surface area contributed by atoms with Crippen LogP contribution >= 0.6 is 11.3 Å². The Balaban J connectivity index is 2.52. The Morgan fingerprint density at radius 2 is 2.50 bits per heavy atom. The second kappa shape index (κ2) is 4.21. The molecular weight excluding hydrogens is 174 g/mol. The highest BCUT2D eigenvalue weighted by Gasteiger charge is 2.08. The molecule has 0 aromatic carbocycles. The highest BCUT2D eigenvalue weighted by atomic mass is 32.1. The third kappa shape index (κ3) is 2.30. The van der Waals surface area contributed by atoms with Gasteiger partial charge in [0, 0.05) is 4.88 Å². The van der Waals surface area contributed by atoms with E-state index in [-0.39, 0.29) is 5.97 Å². The van der Waals surface area contributed by atoms with Crippen molar-refractivity contribution in [3.63, 3.8) is 0 Å². The van der Waals surface area contributed by atoms with Crippen molar-refractivity contribution in [2.75, 3.05) is 6.61 Å². The van der Waals surface area contributed by atoms with Gasteiger partial charge in [-0.15, -0.1) is 11.3 Å². The fourth-order valence-corrected chi connectivity index (χ4v) is 1.45. The van der Waals surface area contributed by atoms with Crippen molar-refractivity contribution in [1.82, 2.24) is 4.98 Å². The van der Waals surface area contributed by atoms with Gasteiger partial charge in [-0.3, -0.25) is 4.79 Å². The quantitative estimate of drug-likeness (QED) is 0.671. The topological polar surface area (TPSA) is 39.2 Å². The molecule has 0 unspecified atom stereocenters. The number of carbonyl (C=O) groups excluding carboxylic acids is 1. The Labute approximate surface area is 75.4 Å². The van der Waals surface area contributed by atoms with E-state index in [4.69, 9.17) is 4.74 Å². The zero-order valence-electron chi connectivity index (χ0n) is 7.16. The first-order valence-electron chi connectivity index (χ1n) is 3.78. The fourth-order valence-electron chi connectivity index (χ4n) is 0.847. The molecule has 12 heavy (non-hydrogen) atoms. The van der Waals surface area contributed by atoms with E-state index in [2.05, 4.69) is 4.98 Å². The summed E-state index contributed by atoms with van der Waals surface area (Å²) in [6.45, 7) is 4.18. The van der Waals surface area contributed by atoms with Gasteiger partial charge in [-0.05, 0) is 13.8 Å². The molecule has 0 saturated carbocycles. The number of ether oxygens (including phenoxy) is 1. The summed E-state index contributed by atoms with van der Waals surface area (Å²) < 4.78 is 4.80. The maximum atomic E-state index is 11.0. The molecule has 0 fully saturated rings. The Kier molecular flexibility index (Phi) is 3.22. The third-order valence-corrected chi connectivity index (χ3v) is 2.26. The van der Waals surface area contributed by atoms with Gasteiger partial charge in [-0.2, -0.15) is 0 Å². The maximum Gasteiger partial charge on any atom is 0.311 e. The molecule has 0 bridgehead atoms. The van der Waals surface area contributed by atoms with E-state index in [0.717, 1.165) is 10.6 Å². The van der Waals surface area contributed by atoms with Crippen LogP contribution in [0.2, 0.25) is 0 Å². The lowest BCUT2D eigenvalue weighted by molar-refractivity contribution is -0.142. The molecule has 0 N–H and O–H groups in total. The molecule has 66 valence electrons. The summed E-state index contributed by atoms with van der Waals surface area (Å²) in [7, 11) is 0. The van der Waals surface area contributed by atoms with E-state index >= 15 is 0 Å². The SMILES string of the molecule is CCOC(=O)Cc1ncsc1C. The number of thiazole rings is 1. The van der Waals surface area contributed by atoms with Gasteiger partial charge in [0.05, 0.1) is 24.2 Å². The minimum absolute atomic E-state index is 0.202. The van der Waals surface area contributed by atoms with Crippen molar-refractivity contribution in [3.8, 4) is 0 Å². The van der Waals surface area contributed by atoms with Crippen molar-refractivity contribution in [3.05, 3.63) is 16.1 Å². The third-order valence-electron chi connectivity index (χ3n) is 1.46. The molecule has 0 atom stereocenters. The second-order valence-corrected chi connectivity index (χ2v) is 3.40. The van der Waals surface area contributed by atoms with Gasteiger partial charge in [0.1, 0.15) is 0 Å². The molecule has 1 rings (SSSR count). The van der Waals surface area contributed by atoms with Gasteiger partial charge in [-0.1, -0.05) is 0 Å². The fraction of sp³-hybridized carbons (Fsp3) is 0.500. The van der Waals surface area contributed by atoms with E-state index in [9.17, 15) is 4.79 Å². The molecule has 0 amide bonds. The van der Waals surface area contributed by atoms with Crippen LogP contribution in [0.1, 0.15) is 17.5 Å².